The third kappa shape index (κ3) is 1.36. The molecule has 3 nitrogen and oxygen atoms in total. The van der Waals surface area contributed by atoms with Gasteiger partial charge in [0.25, 0.3) is 0 Å². The van der Waals surface area contributed by atoms with Crippen LogP contribution in [0.4, 0.5) is 0 Å². The highest BCUT2D eigenvalue weighted by molar-refractivity contribution is 6.31. The van der Waals surface area contributed by atoms with Crippen LogP contribution < -0.4 is 4.74 Å². The van der Waals surface area contributed by atoms with Crippen molar-refractivity contribution in [1.82, 2.24) is 9.97 Å². The molecule has 4 heteroatoms. The van der Waals surface area contributed by atoms with E-state index in [4.69, 9.17) is 16.3 Å². The van der Waals surface area contributed by atoms with Crippen LogP contribution >= 0.6 is 11.6 Å². The second-order valence-electron chi connectivity index (χ2n) is 1.77. The maximum atomic E-state index is 5.65. The fourth-order valence-electron chi connectivity index (χ4n) is 0.578. The molecule has 10 heavy (non-hydrogen) atoms. The average molecular weight is 159 g/mol. The molecule has 0 bridgehead atoms. The highest BCUT2D eigenvalue weighted by Crippen LogP contribution is 2.18. The van der Waals surface area contributed by atoms with E-state index in [-0.39, 0.29) is 0 Å². The van der Waals surface area contributed by atoms with Gasteiger partial charge in [0.15, 0.2) is 0 Å². The first-order valence-corrected chi connectivity index (χ1v) is 3.15. The van der Waals surface area contributed by atoms with Crippen molar-refractivity contribution in [2.45, 2.75) is 6.92 Å². The lowest BCUT2D eigenvalue weighted by Gasteiger charge is -1.99. The summed E-state index contributed by atoms with van der Waals surface area (Å²) < 4.78 is 4.84. The fraction of sp³-hybridized carbons (Fsp3) is 0.333. The molecule has 0 saturated carbocycles. The number of aromatic nitrogens is 2. The molecule has 0 fully saturated rings. The van der Waals surface area contributed by atoms with Gasteiger partial charge in [0.2, 0.25) is 5.88 Å². The van der Waals surface area contributed by atoms with Crippen molar-refractivity contribution in [1.29, 1.82) is 0 Å². The largest absolute Gasteiger partial charge is 0.480 e. The Kier molecular flexibility index (Phi) is 2.06. The van der Waals surface area contributed by atoms with E-state index in [1.807, 2.05) is 0 Å². The van der Waals surface area contributed by atoms with Gasteiger partial charge in [0.1, 0.15) is 10.8 Å². The zero-order valence-corrected chi connectivity index (χ0v) is 6.51. The first kappa shape index (κ1) is 7.28. The molecule has 0 aliphatic heterocycles. The lowest BCUT2D eigenvalue weighted by atomic mass is 10.6. The SMILES string of the molecule is COc1nc(C)ncc1Cl. The van der Waals surface area contributed by atoms with Gasteiger partial charge >= 0.3 is 0 Å². The minimum atomic E-state index is 0.425. The van der Waals surface area contributed by atoms with Crippen molar-refractivity contribution in [2.75, 3.05) is 7.11 Å². The molecule has 54 valence electrons. The van der Waals surface area contributed by atoms with Gasteiger partial charge < -0.3 is 4.74 Å². The number of halogens is 1. The second kappa shape index (κ2) is 2.84. The predicted octanol–water partition coefficient (Wildman–Crippen LogP) is 1.45. The summed E-state index contributed by atoms with van der Waals surface area (Å²) in [4.78, 5) is 7.79. The lowest BCUT2D eigenvalue weighted by molar-refractivity contribution is 0.396. The normalized spacial score (nSPS) is 9.50. The Morgan fingerprint density at radius 1 is 1.60 bits per heavy atom. The summed E-state index contributed by atoms with van der Waals surface area (Å²) in [6, 6.07) is 0. The van der Waals surface area contributed by atoms with Crippen molar-refractivity contribution in [3.8, 4) is 5.88 Å². The minimum absolute atomic E-state index is 0.425. The number of ether oxygens (including phenoxy) is 1. The Balaban J connectivity index is 3.09. The Bertz CT molecular complexity index is 239. The summed E-state index contributed by atoms with van der Waals surface area (Å²) in [7, 11) is 1.52. The van der Waals surface area contributed by atoms with E-state index in [1.54, 1.807) is 6.92 Å². The number of aryl methyl sites for hydroxylation is 1. The van der Waals surface area contributed by atoms with Crippen molar-refractivity contribution in [2.24, 2.45) is 0 Å². The van der Waals surface area contributed by atoms with E-state index in [9.17, 15) is 0 Å². The molecule has 1 heterocycles. The molecule has 0 aliphatic rings. The van der Waals surface area contributed by atoms with E-state index < -0.39 is 0 Å². The molecule has 0 amide bonds. The van der Waals surface area contributed by atoms with E-state index in [0.29, 0.717) is 16.7 Å². The van der Waals surface area contributed by atoms with Crippen LogP contribution in [0.1, 0.15) is 5.82 Å². The molecule has 1 rings (SSSR count). The molecule has 0 N–H and O–H groups in total. The van der Waals surface area contributed by atoms with Gasteiger partial charge in [-0.3, -0.25) is 0 Å². The summed E-state index contributed by atoms with van der Waals surface area (Å²) in [5, 5.41) is 0.438. The molecule has 0 aliphatic carbocycles. The summed E-state index contributed by atoms with van der Waals surface area (Å²) in [5.41, 5.74) is 0. The van der Waals surface area contributed by atoms with E-state index >= 15 is 0 Å². The Morgan fingerprint density at radius 2 is 2.30 bits per heavy atom. The van der Waals surface area contributed by atoms with Gasteiger partial charge in [-0.25, -0.2) is 4.98 Å². The second-order valence-corrected chi connectivity index (χ2v) is 2.18. The van der Waals surface area contributed by atoms with Crippen molar-refractivity contribution in [3.05, 3.63) is 17.0 Å². The van der Waals surface area contributed by atoms with Crippen LogP contribution in [0.2, 0.25) is 5.02 Å². The summed E-state index contributed by atoms with van der Waals surface area (Å²) in [5.74, 6) is 1.08. The molecule has 0 aromatic carbocycles. The fourth-order valence-corrected chi connectivity index (χ4v) is 0.746. The van der Waals surface area contributed by atoms with Gasteiger partial charge in [-0.05, 0) is 6.92 Å². The Labute approximate surface area is 64.0 Å². The van der Waals surface area contributed by atoms with Gasteiger partial charge in [-0.1, -0.05) is 11.6 Å². The summed E-state index contributed by atoms with van der Waals surface area (Å²) >= 11 is 5.65. The van der Waals surface area contributed by atoms with Crippen LogP contribution in [0.3, 0.4) is 0 Å². The van der Waals surface area contributed by atoms with Gasteiger partial charge in [-0.2, -0.15) is 4.98 Å². The van der Waals surface area contributed by atoms with Crippen LogP contribution in [-0.2, 0) is 0 Å². The molecule has 1 aromatic rings. The standard InChI is InChI=1S/C6H7ClN2O/c1-4-8-3-5(7)6(9-4)10-2/h3H,1-2H3. The lowest BCUT2D eigenvalue weighted by Crippen LogP contribution is -1.92. The summed E-state index contributed by atoms with van der Waals surface area (Å²) in [6.45, 7) is 1.78. The topological polar surface area (TPSA) is 35.0 Å². The Morgan fingerprint density at radius 3 is 2.80 bits per heavy atom. The zero-order chi connectivity index (χ0) is 7.56. The van der Waals surface area contributed by atoms with E-state index in [0.717, 1.165) is 0 Å². The predicted molar refractivity (Wildman–Crippen MR) is 38.3 cm³/mol. The number of rotatable bonds is 1. The third-order valence-electron chi connectivity index (χ3n) is 1.03. The highest BCUT2D eigenvalue weighted by Gasteiger charge is 2.00. The summed E-state index contributed by atoms with van der Waals surface area (Å²) in [6.07, 6.45) is 1.52. The van der Waals surface area contributed by atoms with Crippen LogP contribution in [0.5, 0.6) is 5.88 Å². The van der Waals surface area contributed by atoms with Crippen molar-refractivity contribution in [3.63, 3.8) is 0 Å². The van der Waals surface area contributed by atoms with Gasteiger partial charge in [0.05, 0.1) is 13.3 Å². The first-order valence-electron chi connectivity index (χ1n) is 2.77. The highest BCUT2D eigenvalue weighted by atomic mass is 35.5. The third-order valence-corrected chi connectivity index (χ3v) is 1.28. The molecule has 1 aromatic heterocycles. The maximum absolute atomic E-state index is 5.65. The molecule has 0 radical (unpaired) electrons. The average Bonchev–Trinajstić information content (AvgIpc) is 1.94. The number of hydrogen-bond donors (Lipinski definition) is 0. The first-order chi connectivity index (χ1) is 4.74. The van der Waals surface area contributed by atoms with Crippen molar-refractivity contribution >= 4 is 11.6 Å². The van der Waals surface area contributed by atoms with Crippen LogP contribution in [0.25, 0.3) is 0 Å². The van der Waals surface area contributed by atoms with Crippen molar-refractivity contribution < 1.29 is 4.74 Å². The van der Waals surface area contributed by atoms with Crippen LogP contribution in [-0.4, -0.2) is 17.1 Å². The number of nitrogens with zero attached hydrogens (tertiary/aromatic N) is 2. The van der Waals surface area contributed by atoms with E-state index in [1.165, 1.54) is 13.3 Å². The smallest absolute Gasteiger partial charge is 0.235 e. The number of hydrogen-bond acceptors (Lipinski definition) is 3. The monoisotopic (exact) mass is 158 g/mol. The molecule has 0 saturated heterocycles. The van der Waals surface area contributed by atoms with E-state index in [2.05, 4.69) is 9.97 Å². The number of methoxy groups -OCH3 is 1. The zero-order valence-electron chi connectivity index (χ0n) is 5.76. The quantitative estimate of drug-likeness (QED) is 0.621. The molecular formula is C6H7ClN2O. The van der Waals surface area contributed by atoms with Crippen LogP contribution in [0.15, 0.2) is 6.20 Å². The van der Waals surface area contributed by atoms with Gasteiger partial charge in [-0.15, -0.1) is 0 Å². The Hall–Kier alpha value is -0.830. The molecular weight excluding hydrogens is 152 g/mol. The maximum Gasteiger partial charge on any atom is 0.235 e. The van der Waals surface area contributed by atoms with Crippen LogP contribution in [0, 0.1) is 6.92 Å². The molecule has 0 unspecified atom stereocenters. The minimum Gasteiger partial charge on any atom is -0.480 e. The molecule has 0 spiro atoms. The molecule has 0 atom stereocenters. The van der Waals surface area contributed by atoms with Gasteiger partial charge in [0, 0.05) is 0 Å².